The van der Waals surface area contributed by atoms with Gasteiger partial charge in [-0.15, -0.1) is 0 Å². The zero-order valence-electron chi connectivity index (χ0n) is 19.5. The van der Waals surface area contributed by atoms with E-state index in [-0.39, 0.29) is 22.9 Å². The first-order valence-electron chi connectivity index (χ1n) is 10.4. The zero-order valence-corrected chi connectivity index (χ0v) is 19.5. The van der Waals surface area contributed by atoms with Gasteiger partial charge < -0.3 is 31.2 Å². The maximum atomic E-state index is 10.1. The fourth-order valence-corrected chi connectivity index (χ4v) is 3.92. The Morgan fingerprint density at radius 3 is 1.34 bits per heavy atom. The van der Waals surface area contributed by atoms with E-state index in [1.165, 1.54) is 14.2 Å². The molecular weight excluding hydrogens is 404 g/mol. The van der Waals surface area contributed by atoms with Crippen LogP contribution in [0.25, 0.3) is 0 Å². The van der Waals surface area contributed by atoms with Crippen LogP contribution in [0.4, 0.5) is 11.4 Å². The highest BCUT2D eigenvalue weighted by Crippen LogP contribution is 2.43. The molecule has 6 heteroatoms. The molecule has 0 unspecified atom stereocenters. The molecule has 0 saturated heterocycles. The molecule has 6 N–H and O–H groups in total. The number of phenols is 2. The van der Waals surface area contributed by atoms with Crippen LogP contribution in [0.2, 0.25) is 0 Å². The Kier molecular flexibility index (Phi) is 5.92. The Labute approximate surface area is 189 Å². The van der Waals surface area contributed by atoms with Gasteiger partial charge in [0.1, 0.15) is 0 Å². The number of phenolic OH excluding ortho intramolecular Hbond substituents is 2. The number of methoxy groups -OCH3 is 2. The van der Waals surface area contributed by atoms with Crippen LogP contribution in [-0.2, 0) is 10.8 Å². The maximum absolute atomic E-state index is 10.1. The molecule has 0 aliphatic carbocycles. The van der Waals surface area contributed by atoms with Crippen LogP contribution in [0.15, 0.2) is 48.5 Å². The summed E-state index contributed by atoms with van der Waals surface area (Å²) in [4.78, 5) is 0. The Morgan fingerprint density at radius 2 is 1.00 bits per heavy atom. The number of benzene rings is 3. The largest absolute Gasteiger partial charge is 0.503 e. The standard InChI is InChI=1S/C26H32N2O4/c1-25(2,17-11-19(27)23(29)21(13-17)31-5)15-8-7-9-16(10-15)26(3,4)18-12-20(28)24(30)22(14-18)32-6/h7-14,29-30H,27-28H2,1-6H3. The van der Waals surface area contributed by atoms with Crippen molar-refractivity contribution in [3.8, 4) is 23.0 Å². The van der Waals surface area contributed by atoms with Crippen molar-refractivity contribution in [3.63, 3.8) is 0 Å². The molecule has 0 fully saturated rings. The molecule has 3 aromatic carbocycles. The Morgan fingerprint density at radius 1 is 0.625 bits per heavy atom. The third kappa shape index (κ3) is 3.88. The Bertz CT molecular complexity index is 1070. The number of hydrogen-bond acceptors (Lipinski definition) is 6. The summed E-state index contributed by atoms with van der Waals surface area (Å²) in [6, 6.07) is 15.5. The van der Waals surface area contributed by atoms with Gasteiger partial charge in [-0.1, -0.05) is 52.0 Å². The molecule has 170 valence electrons. The fourth-order valence-electron chi connectivity index (χ4n) is 3.92. The van der Waals surface area contributed by atoms with Crippen molar-refractivity contribution in [1.29, 1.82) is 0 Å². The van der Waals surface area contributed by atoms with Crippen LogP contribution in [0.5, 0.6) is 23.0 Å². The number of ether oxygens (including phenoxy) is 2. The highest BCUT2D eigenvalue weighted by molar-refractivity contribution is 5.64. The fraction of sp³-hybridized carbons (Fsp3) is 0.308. The van der Waals surface area contributed by atoms with E-state index in [1.54, 1.807) is 12.1 Å². The molecule has 6 nitrogen and oxygen atoms in total. The summed E-state index contributed by atoms with van der Waals surface area (Å²) in [6.07, 6.45) is 0. The molecule has 0 bridgehead atoms. The van der Waals surface area contributed by atoms with Gasteiger partial charge in [-0.2, -0.15) is 0 Å². The van der Waals surface area contributed by atoms with E-state index in [1.807, 2.05) is 18.2 Å². The van der Waals surface area contributed by atoms with Crippen LogP contribution in [0.1, 0.15) is 49.9 Å². The van der Waals surface area contributed by atoms with Crippen LogP contribution in [0.3, 0.4) is 0 Å². The molecule has 3 rings (SSSR count). The second-order valence-corrected chi connectivity index (χ2v) is 9.06. The van der Waals surface area contributed by atoms with Crippen molar-refractivity contribution in [3.05, 3.63) is 70.8 Å². The lowest BCUT2D eigenvalue weighted by atomic mass is 9.73. The van der Waals surface area contributed by atoms with Crippen molar-refractivity contribution in [2.45, 2.75) is 38.5 Å². The predicted octanol–water partition coefficient (Wildman–Crippen LogP) is 4.93. The lowest BCUT2D eigenvalue weighted by Crippen LogP contribution is -2.23. The van der Waals surface area contributed by atoms with Crippen LogP contribution in [-0.4, -0.2) is 24.4 Å². The van der Waals surface area contributed by atoms with Gasteiger partial charge in [-0.25, -0.2) is 0 Å². The van der Waals surface area contributed by atoms with E-state index in [0.717, 1.165) is 22.3 Å². The van der Waals surface area contributed by atoms with Gasteiger partial charge in [-0.05, 0) is 46.5 Å². The lowest BCUT2D eigenvalue weighted by Gasteiger charge is -2.31. The summed E-state index contributed by atoms with van der Waals surface area (Å²) >= 11 is 0. The van der Waals surface area contributed by atoms with Gasteiger partial charge in [0, 0.05) is 10.8 Å². The summed E-state index contributed by atoms with van der Waals surface area (Å²) in [5.41, 5.74) is 15.8. The van der Waals surface area contributed by atoms with E-state index in [2.05, 4.69) is 45.9 Å². The van der Waals surface area contributed by atoms with Gasteiger partial charge in [-0.3, -0.25) is 0 Å². The Hall–Kier alpha value is -3.54. The summed E-state index contributed by atoms with van der Waals surface area (Å²) in [5, 5.41) is 20.3. The Balaban J connectivity index is 2.10. The van der Waals surface area contributed by atoms with Gasteiger partial charge in [0.2, 0.25) is 0 Å². The highest BCUT2D eigenvalue weighted by Gasteiger charge is 2.30. The minimum Gasteiger partial charge on any atom is -0.503 e. The molecule has 0 heterocycles. The zero-order chi connectivity index (χ0) is 23.8. The molecule has 0 atom stereocenters. The second-order valence-electron chi connectivity index (χ2n) is 9.06. The number of nitrogen functional groups attached to an aromatic ring is 2. The van der Waals surface area contributed by atoms with E-state index in [0.29, 0.717) is 11.5 Å². The van der Waals surface area contributed by atoms with Crippen LogP contribution in [0, 0.1) is 0 Å². The van der Waals surface area contributed by atoms with Gasteiger partial charge in [0.15, 0.2) is 23.0 Å². The van der Waals surface area contributed by atoms with Crippen LogP contribution >= 0.6 is 0 Å². The minimum atomic E-state index is -0.410. The molecule has 0 spiro atoms. The maximum Gasteiger partial charge on any atom is 0.181 e. The van der Waals surface area contributed by atoms with Crippen molar-refractivity contribution >= 4 is 11.4 Å². The van der Waals surface area contributed by atoms with Gasteiger partial charge >= 0.3 is 0 Å². The molecule has 0 radical (unpaired) electrons. The minimum absolute atomic E-state index is 0.0548. The predicted molar refractivity (Wildman–Crippen MR) is 129 cm³/mol. The smallest absolute Gasteiger partial charge is 0.181 e. The normalized spacial score (nSPS) is 11.9. The topological polar surface area (TPSA) is 111 Å². The van der Waals surface area contributed by atoms with E-state index in [9.17, 15) is 10.2 Å². The molecule has 0 aromatic heterocycles. The first-order valence-corrected chi connectivity index (χ1v) is 10.4. The molecule has 0 amide bonds. The number of nitrogens with two attached hydrogens (primary N) is 2. The van der Waals surface area contributed by atoms with Crippen molar-refractivity contribution in [2.75, 3.05) is 25.7 Å². The molecule has 32 heavy (non-hydrogen) atoms. The van der Waals surface area contributed by atoms with Crippen molar-refractivity contribution < 1.29 is 19.7 Å². The number of anilines is 2. The molecular formula is C26H32N2O4. The van der Waals surface area contributed by atoms with Crippen molar-refractivity contribution in [2.24, 2.45) is 0 Å². The molecule has 0 saturated carbocycles. The number of aromatic hydroxyl groups is 2. The average molecular weight is 437 g/mol. The average Bonchev–Trinajstić information content (AvgIpc) is 2.77. The first kappa shape index (κ1) is 23.1. The summed E-state index contributed by atoms with van der Waals surface area (Å²) < 4.78 is 10.6. The van der Waals surface area contributed by atoms with Crippen molar-refractivity contribution in [1.82, 2.24) is 0 Å². The summed E-state index contributed by atoms with van der Waals surface area (Å²) in [5.74, 6) is 0.578. The third-order valence-electron chi connectivity index (χ3n) is 6.40. The molecule has 0 aliphatic rings. The highest BCUT2D eigenvalue weighted by atomic mass is 16.5. The van der Waals surface area contributed by atoms with E-state index >= 15 is 0 Å². The van der Waals surface area contributed by atoms with Gasteiger partial charge in [0.25, 0.3) is 0 Å². The molecule has 0 aliphatic heterocycles. The molecule has 3 aromatic rings. The van der Waals surface area contributed by atoms with Crippen LogP contribution < -0.4 is 20.9 Å². The SMILES string of the molecule is COc1cc(C(C)(C)c2cccc(C(C)(C)c3cc(N)c(O)c(OC)c3)c2)cc(N)c1O. The van der Waals surface area contributed by atoms with Gasteiger partial charge in [0.05, 0.1) is 25.6 Å². The third-order valence-corrected chi connectivity index (χ3v) is 6.40. The lowest BCUT2D eigenvalue weighted by molar-refractivity contribution is 0.373. The first-order chi connectivity index (χ1) is 14.9. The summed E-state index contributed by atoms with van der Waals surface area (Å²) in [6.45, 7) is 8.41. The monoisotopic (exact) mass is 436 g/mol. The quantitative estimate of drug-likeness (QED) is 0.322. The summed E-state index contributed by atoms with van der Waals surface area (Å²) in [7, 11) is 3.01. The van der Waals surface area contributed by atoms with E-state index in [4.69, 9.17) is 20.9 Å². The number of hydrogen-bond donors (Lipinski definition) is 4. The second kappa shape index (κ2) is 8.19. The number of rotatable bonds is 6. The van der Waals surface area contributed by atoms with E-state index < -0.39 is 10.8 Å².